The molecule has 5 heterocycles. The predicted octanol–water partition coefficient (Wildman–Crippen LogP) is 4.47. The number of pyridine rings is 2. The van der Waals surface area contributed by atoms with E-state index in [1.54, 1.807) is 18.5 Å². The summed E-state index contributed by atoms with van der Waals surface area (Å²) in [5.41, 5.74) is 4.74. The molecule has 0 spiro atoms. The van der Waals surface area contributed by atoms with Gasteiger partial charge in [0.15, 0.2) is 11.5 Å². The molecule has 4 aromatic heterocycles. The highest BCUT2D eigenvalue weighted by molar-refractivity contribution is 5.86. The quantitative estimate of drug-likeness (QED) is 0.366. The smallest absolute Gasteiger partial charge is 0.354 e. The van der Waals surface area contributed by atoms with E-state index < -0.39 is 5.97 Å². The summed E-state index contributed by atoms with van der Waals surface area (Å²) in [4.78, 5) is 31.8. The third-order valence-corrected chi connectivity index (χ3v) is 6.13. The number of hydrogen-bond acceptors (Lipinski definition) is 7. The molecular formula is C27H23ClN6O3. The summed E-state index contributed by atoms with van der Waals surface area (Å²) >= 11 is 0. The summed E-state index contributed by atoms with van der Waals surface area (Å²) in [6, 6.07) is 15.3. The number of carboxylic acids is 1. The molecular weight excluding hydrogens is 492 g/mol. The minimum atomic E-state index is -1.06. The number of hydrogen-bond donors (Lipinski definition) is 1. The number of imidazole rings is 1. The lowest BCUT2D eigenvalue weighted by Gasteiger charge is -2.28. The highest BCUT2D eigenvalue weighted by Crippen LogP contribution is 2.27. The van der Waals surface area contributed by atoms with Crippen LogP contribution in [-0.2, 0) is 4.74 Å². The Bertz CT molecular complexity index is 1610. The van der Waals surface area contributed by atoms with Gasteiger partial charge in [-0.1, -0.05) is 24.3 Å². The molecule has 1 fully saturated rings. The molecule has 6 rings (SSSR count). The molecule has 0 bridgehead atoms. The van der Waals surface area contributed by atoms with Crippen LogP contribution in [0.15, 0.2) is 67.1 Å². The molecule has 1 aliphatic heterocycles. The molecule has 1 N–H and O–H groups in total. The fourth-order valence-corrected chi connectivity index (χ4v) is 4.29. The number of carboxylic acid groups (broad SMARTS) is 1. The highest BCUT2D eigenvalue weighted by atomic mass is 35.5. The van der Waals surface area contributed by atoms with Gasteiger partial charge in [-0.05, 0) is 36.4 Å². The molecule has 0 amide bonds. The second kappa shape index (κ2) is 10.3. The van der Waals surface area contributed by atoms with Crippen molar-refractivity contribution in [2.75, 3.05) is 31.2 Å². The zero-order chi connectivity index (χ0) is 24.5. The monoisotopic (exact) mass is 514 g/mol. The number of benzene rings is 1. The van der Waals surface area contributed by atoms with Gasteiger partial charge in [-0.2, -0.15) is 0 Å². The first-order valence-corrected chi connectivity index (χ1v) is 11.6. The summed E-state index contributed by atoms with van der Waals surface area (Å²) in [5, 5.41) is 10.3. The maximum Gasteiger partial charge on any atom is 0.354 e. The Hall–Kier alpha value is -4.34. The first-order chi connectivity index (χ1) is 17.7. The number of para-hydroxylation sites is 1. The molecule has 0 radical (unpaired) electrons. The van der Waals surface area contributed by atoms with Gasteiger partial charge in [-0.3, -0.25) is 4.40 Å². The standard InChI is InChI=1S/C27H22N6O3.ClH/c34-27(35)23-10-6-19(15-28-23)24-16-29-25(32-11-13-36-14-12-32)26-31-21(17-33(24)26)9-8-20-7-5-18-3-1-2-4-22(18)30-20;/h1-10,15-17H,11-14H2,(H,34,35);1H/b9-8+;. The third-order valence-electron chi connectivity index (χ3n) is 6.13. The molecule has 1 aromatic carbocycles. The molecule has 186 valence electrons. The summed E-state index contributed by atoms with van der Waals surface area (Å²) < 4.78 is 7.48. The maximum absolute atomic E-state index is 11.2. The number of rotatable bonds is 5. The van der Waals surface area contributed by atoms with Crippen LogP contribution in [0.2, 0.25) is 0 Å². The number of halogens is 1. The zero-order valence-electron chi connectivity index (χ0n) is 19.7. The van der Waals surface area contributed by atoms with E-state index in [2.05, 4.69) is 16.0 Å². The van der Waals surface area contributed by atoms with Crippen molar-refractivity contribution in [3.05, 3.63) is 84.2 Å². The predicted molar refractivity (Wildman–Crippen MR) is 144 cm³/mol. The first kappa shape index (κ1) is 24.4. The number of nitrogens with zero attached hydrogens (tertiary/aromatic N) is 6. The lowest BCUT2D eigenvalue weighted by Crippen LogP contribution is -2.37. The van der Waals surface area contributed by atoms with E-state index >= 15 is 0 Å². The number of fused-ring (bicyclic) bond motifs is 2. The van der Waals surface area contributed by atoms with Gasteiger partial charge in [0.2, 0.25) is 0 Å². The van der Waals surface area contributed by atoms with Gasteiger partial charge in [0.05, 0.1) is 42.0 Å². The number of morpholine rings is 1. The normalized spacial score (nSPS) is 13.8. The summed E-state index contributed by atoms with van der Waals surface area (Å²) in [6.07, 6.45) is 9.14. The van der Waals surface area contributed by atoms with Crippen LogP contribution in [0, 0.1) is 0 Å². The van der Waals surface area contributed by atoms with Crippen LogP contribution in [0.25, 0.3) is 40.0 Å². The average molecular weight is 515 g/mol. The molecule has 1 aliphatic rings. The number of ether oxygens (including phenoxy) is 1. The van der Waals surface area contributed by atoms with Crippen LogP contribution < -0.4 is 4.90 Å². The number of carbonyl (C=O) groups is 1. The fraction of sp³-hybridized carbons (Fsp3) is 0.148. The van der Waals surface area contributed by atoms with E-state index in [9.17, 15) is 9.90 Å². The van der Waals surface area contributed by atoms with Crippen molar-refractivity contribution in [2.24, 2.45) is 0 Å². The first-order valence-electron chi connectivity index (χ1n) is 11.6. The molecule has 5 aromatic rings. The van der Waals surface area contributed by atoms with E-state index in [0.29, 0.717) is 18.9 Å². The summed E-state index contributed by atoms with van der Waals surface area (Å²) in [7, 11) is 0. The topological polar surface area (TPSA) is 106 Å². The van der Waals surface area contributed by atoms with Crippen LogP contribution in [-0.4, -0.2) is 61.7 Å². The molecule has 0 unspecified atom stereocenters. The third kappa shape index (κ3) is 4.87. The molecule has 0 atom stereocenters. The van der Waals surface area contributed by atoms with Crippen molar-refractivity contribution in [2.45, 2.75) is 0 Å². The van der Waals surface area contributed by atoms with E-state index in [4.69, 9.17) is 19.7 Å². The van der Waals surface area contributed by atoms with E-state index in [-0.39, 0.29) is 18.1 Å². The largest absolute Gasteiger partial charge is 0.477 e. The SMILES string of the molecule is Cl.O=C(O)c1ccc(-c2cnc(N3CCOCC3)c3nc(/C=C/c4ccc5ccccc5n4)cn23)cn1. The lowest BCUT2D eigenvalue weighted by atomic mass is 10.2. The Balaban J connectivity index is 0.00000280. The summed E-state index contributed by atoms with van der Waals surface area (Å²) in [5.74, 6) is -0.287. The van der Waals surface area contributed by atoms with Crippen LogP contribution in [0.3, 0.4) is 0 Å². The van der Waals surface area contributed by atoms with Gasteiger partial charge in [0.1, 0.15) is 5.69 Å². The van der Waals surface area contributed by atoms with Gasteiger partial charge in [0, 0.05) is 36.4 Å². The number of anilines is 1. The Morgan fingerprint density at radius 1 is 0.919 bits per heavy atom. The second-order valence-corrected chi connectivity index (χ2v) is 8.43. The number of aromatic nitrogens is 5. The van der Waals surface area contributed by atoms with Crippen molar-refractivity contribution in [3.63, 3.8) is 0 Å². The van der Waals surface area contributed by atoms with Gasteiger partial charge in [-0.25, -0.2) is 24.7 Å². The Labute approximate surface area is 218 Å². The van der Waals surface area contributed by atoms with E-state index in [1.165, 1.54) is 6.07 Å². The minimum absolute atomic E-state index is 0. The minimum Gasteiger partial charge on any atom is -0.477 e. The van der Waals surface area contributed by atoms with Gasteiger partial charge >= 0.3 is 5.97 Å². The molecule has 0 saturated carbocycles. The number of aromatic carboxylic acids is 1. The summed E-state index contributed by atoms with van der Waals surface area (Å²) in [6.45, 7) is 2.74. The van der Waals surface area contributed by atoms with E-state index in [1.807, 2.05) is 53.1 Å². The molecule has 10 heteroatoms. The maximum atomic E-state index is 11.2. The Kier molecular flexibility index (Phi) is 6.80. The van der Waals surface area contributed by atoms with E-state index in [0.717, 1.165) is 52.5 Å². The van der Waals surface area contributed by atoms with Crippen LogP contribution in [0.1, 0.15) is 21.9 Å². The Morgan fingerprint density at radius 2 is 1.73 bits per heavy atom. The van der Waals surface area contributed by atoms with Crippen molar-refractivity contribution in [1.29, 1.82) is 0 Å². The zero-order valence-corrected chi connectivity index (χ0v) is 20.5. The molecule has 9 nitrogen and oxygen atoms in total. The van der Waals surface area contributed by atoms with Gasteiger partial charge in [0.25, 0.3) is 0 Å². The van der Waals surface area contributed by atoms with Crippen LogP contribution in [0.5, 0.6) is 0 Å². The van der Waals surface area contributed by atoms with Gasteiger partial charge in [-0.15, -0.1) is 12.4 Å². The van der Waals surface area contributed by atoms with Crippen LogP contribution >= 0.6 is 12.4 Å². The van der Waals surface area contributed by atoms with Crippen LogP contribution in [0.4, 0.5) is 5.82 Å². The van der Waals surface area contributed by atoms with Crippen molar-refractivity contribution in [3.8, 4) is 11.3 Å². The lowest BCUT2D eigenvalue weighted by molar-refractivity contribution is 0.0690. The molecule has 0 aliphatic carbocycles. The van der Waals surface area contributed by atoms with Crippen molar-refractivity contribution < 1.29 is 14.6 Å². The van der Waals surface area contributed by atoms with Gasteiger partial charge < -0.3 is 14.7 Å². The fourth-order valence-electron chi connectivity index (χ4n) is 4.29. The molecule has 1 saturated heterocycles. The van der Waals surface area contributed by atoms with Crippen molar-refractivity contribution >= 4 is 52.9 Å². The highest BCUT2D eigenvalue weighted by Gasteiger charge is 2.20. The second-order valence-electron chi connectivity index (χ2n) is 8.43. The van der Waals surface area contributed by atoms with Crippen molar-refractivity contribution in [1.82, 2.24) is 24.3 Å². The molecule has 37 heavy (non-hydrogen) atoms. The Morgan fingerprint density at radius 3 is 2.51 bits per heavy atom. The average Bonchev–Trinajstić information content (AvgIpc) is 3.36.